The Morgan fingerprint density at radius 1 is 1.54 bits per heavy atom. The van der Waals surface area contributed by atoms with Gasteiger partial charge in [0.05, 0.1) is 7.11 Å². The van der Waals surface area contributed by atoms with E-state index in [1.54, 1.807) is 0 Å². The first-order valence-corrected chi connectivity index (χ1v) is 4.45. The number of ether oxygens (including phenoxy) is 2. The Bertz CT molecular complexity index is 224. The monoisotopic (exact) mass is 250 g/mol. The molecule has 0 saturated heterocycles. The second-order valence-electron chi connectivity index (χ2n) is 2.37. The van der Waals surface area contributed by atoms with Crippen LogP contribution in [0.15, 0.2) is 12.2 Å². The summed E-state index contributed by atoms with van der Waals surface area (Å²) in [7, 11) is 1.26. The van der Waals surface area contributed by atoms with Crippen LogP contribution in [0.25, 0.3) is 0 Å². The van der Waals surface area contributed by atoms with Gasteiger partial charge in [0.15, 0.2) is 0 Å². The molecule has 5 heteroatoms. The molecule has 1 unspecified atom stereocenters. The number of alkyl halides is 1. The van der Waals surface area contributed by atoms with Crippen LogP contribution in [-0.2, 0) is 19.1 Å². The molecule has 0 aliphatic rings. The van der Waals surface area contributed by atoms with Crippen LogP contribution < -0.4 is 0 Å². The average molecular weight is 251 g/mol. The molecule has 0 radical (unpaired) electrons. The van der Waals surface area contributed by atoms with Crippen molar-refractivity contribution in [3.63, 3.8) is 0 Å². The zero-order chi connectivity index (χ0) is 10.4. The molecule has 0 aliphatic carbocycles. The van der Waals surface area contributed by atoms with Gasteiger partial charge in [-0.15, -0.1) is 0 Å². The fourth-order valence-electron chi connectivity index (χ4n) is 0.468. The van der Waals surface area contributed by atoms with Crippen LogP contribution in [0.1, 0.15) is 6.92 Å². The molecule has 0 aromatic heterocycles. The summed E-state index contributed by atoms with van der Waals surface area (Å²) in [5.41, 5.74) is 0.296. The molecule has 0 N–H and O–H groups in total. The Balaban J connectivity index is 3.83. The van der Waals surface area contributed by atoms with Gasteiger partial charge in [-0.05, 0) is 6.92 Å². The third kappa shape index (κ3) is 4.67. The lowest BCUT2D eigenvalue weighted by Crippen LogP contribution is -2.23. The first-order chi connectivity index (χ1) is 5.99. The van der Waals surface area contributed by atoms with Crippen molar-refractivity contribution in [2.45, 2.75) is 11.8 Å². The van der Waals surface area contributed by atoms with E-state index in [1.807, 2.05) is 0 Å². The minimum atomic E-state index is -0.624. The number of hydrogen-bond acceptors (Lipinski definition) is 4. The molecule has 0 aromatic carbocycles. The van der Waals surface area contributed by atoms with Crippen molar-refractivity contribution < 1.29 is 19.1 Å². The minimum absolute atomic E-state index is 0.0572. The molecular weight excluding hydrogens is 240 g/mol. The Kier molecular flexibility index (Phi) is 5.37. The van der Waals surface area contributed by atoms with Crippen molar-refractivity contribution in [2.24, 2.45) is 0 Å². The van der Waals surface area contributed by atoms with Crippen LogP contribution >= 0.6 is 15.9 Å². The summed E-state index contributed by atoms with van der Waals surface area (Å²) in [6.07, 6.45) is 0. The molecule has 0 heterocycles. The zero-order valence-electron chi connectivity index (χ0n) is 7.50. The van der Waals surface area contributed by atoms with Crippen molar-refractivity contribution in [2.75, 3.05) is 13.7 Å². The highest BCUT2D eigenvalue weighted by Gasteiger charge is 2.17. The zero-order valence-corrected chi connectivity index (χ0v) is 9.09. The molecule has 0 rings (SSSR count). The Hall–Kier alpha value is -0.840. The minimum Gasteiger partial charge on any atom is -0.468 e. The summed E-state index contributed by atoms with van der Waals surface area (Å²) in [6.45, 7) is 4.87. The highest BCUT2D eigenvalue weighted by molar-refractivity contribution is 9.10. The number of carbonyl (C=O) groups excluding carboxylic acids is 2. The fraction of sp³-hybridized carbons (Fsp3) is 0.500. The third-order valence-electron chi connectivity index (χ3n) is 1.17. The first-order valence-electron chi connectivity index (χ1n) is 3.53. The molecule has 4 nitrogen and oxygen atoms in total. The van der Waals surface area contributed by atoms with Gasteiger partial charge >= 0.3 is 11.9 Å². The predicted octanol–water partition coefficient (Wildman–Crippen LogP) is 1.04. The van der Waals surface area contributed by atoms with E-state index in [9.17, 15) is 9.59 Å². The highest BCUT2D eigenvalue weighted by Crippen LogP contribution is 2.03. The van der Waals surface area contributed by atoms with E-state index in [0.717, 1.165) is 0 Å². The normalized spacial score (nSPS) is 11.6. The number of esters is 2. The van der Waals surface area contributed by atoms with Crippen LogP contribution in [0.3, 0.4) is 0 Å². The van der Waals surface area contributed by atoms with Gasteiger partial charge in [0.1, 0.15) is 11.4 Å². The molecule has 0 aromatic rings. The van der Waals surface area contributed by atoms with E-state index in [0.29, 0.717) is 5.57 Å². The van der Waals surface area contributed by atoms with Crippen molar-refractivity contribution in [1.82, 2.24) is 0 Å². The molecule has 0 bridgehead atoms. The highest BCUT2D eigenvalue weighted by atomic mass is 79.9. The smallest absolute Gasteiger partial charge is 0.333 e. The molecule has 74 valence electrons. The maximum absolute atomic E-state index is 10.9. The van der Waals surface area contributed by atoms with E-state index in [-0.39, 0.29) is 6.61 Å². The van der Waals surface area contributed by atoms with Crippen LogP contribution in [-0.4, -0.2) is 30.5 Å². The summed E-state index contributed by atoms with van der Waals surface area (Å²) in [6, 6.07) is 0. The van der Waals surface area contributed by atoms with Gasteiger partial charge in [-0.1, -0.05) is 22.5 Å². The van der Waals surface area contributed by atoms with Gasteiger partial charge in [0.25, 0.3) is 0 Å². The molecule has 0 saturated carbocycles. The van der Waals surface area contributed by atoms with E-state index < -0.39 is 16.8 Å². The molecule has 13 heavy (non-hydrogen) atoms. The molecule has 0 fully saturated rings. The van der Waals surface area contributed by atoms with Gasteiger partial charge in [-0.3, -0.25) is 4.79 Å². The average Bonchev–Trinajstić information content (AvgIpc) is 2.11. The lowest BCUT2D eigenvalue weighted by molar-refractivity contribution is -0.144. The van der Waals surface area contributed by atoms with Crippen molar-refractivity contribution >= 4 is 27.9 Å². The van der Waals surface area contributed by atoms with E-state index in [1.165, 1.54) is 14.0 Å². The van der Waals surface area contributed by atoms with Gasteiger partial charge in [0, 0.05) is 5.57 Å². The van der Waals surface area contributed by atoms with Gasteiger partial charge < -0.3 is 9.47 Å². The van der Waals surface area contributed by atoms with Crippen molar-refractivity contribution in [3.8, 4) is 0 Å². The second kappa shape index (κ2) is 5.75. The first kappa shape index (κ1) is 12.2. The number of hydrogen-bond donors (Lipinski definition) is 0. The summed E-state index contributed by atoms with van der Waals surface area (Å²) in [5.74, 6) is -0.997. The lowest BCUT2D eigenvalue weighted by atomic mass is 10.4. The Morgan fingerprint density at radius 2 is 2.08 bits per heavy atom. The van der Waals surface area contributed by atoms with Gasteiger partial charge in [-0.25, -0.2) is 4.79 Å². The fourth-order valence-corrected chi connectivity index (χ4v) is 0.787. The summed E-state index contributed by atoms with van der Waals surface area (Å²) in [5, 5.41) is 0. The number of rotatable bonds is 4. The van der Waals surface area contributed by atoms with Crippen molar-refractivity contribution in [3.05, 3.63) is 12.2 Å². The topological polar surface area (TPSA) is 52.6 Å². The van der Waals surface area contributed by atoms with E-state index in [4.69, 9.17) is 4.74 Å². The van der Waals surface area contributed by atoms with Crippen LogP contribution in [0.4, 0.5) is 0 Å². The number of halogens is 1. The van der Waals surface area contributed by atoms with Gasteiger partial charge in [0.2, 0.25) is 0 Å². The molecule has 0 aliphatic heterocycles. The SMILES string of the molecule is C=C(C)C(=O)OCC(Br)C(=O)OC. The standard InChI is InChI=1S/C8H11BrO4/c1-5(2)7(10)13-4-6(9)8(11)12-3/h6H,1,4H2,2-3H3. The molecule has 0 spiro atoms. The summed E-state index contributed by atoms with van der Waals surface area (Å²) < 4.78 is 9.11. The Labute approximate surface area is 85.0 Å². The number of carbonyl (C=O) groups is 2. The second-order valence-corrected chi connectivity index (χ2v) is 3.47. The third-order valence-corrected chi connectivity index (χ3v) is 1.80. The molecule has 1 atom stereocenters. The Morgan fingerprint density at radius 3 is 2.46 bits per heavy atom. The largest absolute Gasteiger partial charge is 0.468 e. The summed E-state index contributed by atoms with van der Waals surface area (Å²) in [4.78, 5) is 21.1. The predicted molar refractivity (Wildman–Crippen MR) is 50.5 cm³/mol. The maximum atomic E-state index is 10.9. The maximum Gasteiger partial charge on any atom is 0.333 e. The van der Waals surface area contributed by atoms with Gasteiger partial charge in [-0.2, -0.15) is 0 Å². The van der Waals surface area contributed by atoms with Crippen LogP contribution in [0.2, 0.25) is 0 Å². The lowest BCUT2D eigenvalue weighted by Gasteiger charge is -2.08. The quantitative estimate of drug-likeness (QED) is 0.425. The molecular formula is C8H11BrO4. The van der Waals surface area contributed by atoms with Crippen LogP contribution in [0.5, 0.6) is 0 Å². The number of methoxy groups -OCH3 is 1. The van der Waals surface area contributed by atoms with Crippen LogP contribution in [0, 0.1) is 0 Å². The van der Waals surface area contributed by atoms with Crippen molar-refractivity contribution in [1.29, 1.82) is 0 Å². The molecule has 0 amide bonds. The van der Waals surface area contributed by atoms with E-state index in [2.05, 4.69) is 27.2 Å². The van der Waals surface area contributed by atoms with E-state index >= 15 is 0 Å². The summed E-state index contributed by atoms with van der Waals surface area (Å²) >= 11 is 3.00.